The number of halogens is 3. The Labute approximate surface area is 108 Å². The van der Waals surface area contributed by atoms with Crippen LogP contribution in [0.1, 0.15) is 18.1 Å². The van der Waals surface area contributed by atoms with E-state index in [9.17, 15) is 18.3 Å². The minimum atomic E-state index is -4.55. The molecule has 0 unspecified atom stereocenters. The second-order valence-electron chi connectivity index (χ2n) is 3.98. The van der Waals surface area contributed by atoms with Gasteiger partial charge in [0.25, 0.3) is 0 Å². The molecule has 7 heteroatoms. The maximum absolute atomic E-state index is 12.4. The third-order valence-electron chi connectivity index (χ3n) is 2.69. The van der Waals surface area contributed by atoms with Crippen LogP contribution in [0.3, 0.4) is 0 Å². The fourth-order valence-corrected chi connectivity index (χ4v) is 1.68. The number of ether oxygens (including phenoxy) is 2. The Morgan fingerprint density at radius 1 is 1.26 bits per heavy atom. The van der Waals surface area contributed by atoms with Crippen molar-refractivity contribution in [2.75, 3.05) is 14.2 Å². The van der Waals surface area contributed by atoms with Gasteiger partial charge in [0.1, 0.15) is 6.04 Å². The molecule has 0 amide bonds. The van der Waals surface area contributed by atoms with Crippen LogP contribution in [-0.2, 0) is 0 Å². The summed E-state index contributed by atoms with van der Waals surface area (Å²) in [5.41, 5.74) is 5.20. The summed E-state index contributed by atoms with van der Waals surface area (Å²) in [5, 5.41) is 9.87. The van der Waals surface area contributed by atoms with Gasteiger partial charge in [-0.2, -0.15) is 13.2 Å². The third-order valence-corrected chi connectivity index (χ3v) is 2.69. The van der Waals surface area contributed by atoms with Crippen LogP contribution >= 0.6 is 0 Å². The maximum atomic E-state index is 12.4. The molecule has 0 aliphatic carbocycles. The minimum absolute atomic E-state index is 0.201. The van der Waals surface area contributed by atoms with E-state index in [1.807, 2.05) is 0 Å². The second-order valence-corrected chi connectivity index (χ2v) is 3.98. The zero-order chi connectivity index (χ0) is 14.6. The summed E-state index contributed by atoms with van der Waals surface area (Å²) < 4.78 is 47.1. The molecule has 0 radical (unpaired) electrons. The summed E-state index contributed by atoms with van der Waals surface area (Å²) in [6.07, 6.45) is -6.58. The SMILES string of the molecule is COc1cccc([C@H](O)C[C@@H](N)C(F)(F)F)c1OC. The highest BCUT2D eigenvalue weighted by Gasteiger charge is 2.38. The Balaban J connectivity index is 2.97. The Hall–Kier alpha value is -1.47. The first kappa shape index (κ1) is 15.6. The molecular weight excluding hydrogens is 263 g/mol. The van der Waals surface area contributed by atoms with Crippen molar-refractivity contribution in [2.45, 2.75) is 24.7 Å². The van der Waals surface area contributed by atoms with Gasteiger partial charge < -0.3 is 20.3 Å². The molecule has 1 rings (SSSR count). The number of nitrogens with two attached hydrogens (primary N) is 1. The quantitative estimate of drug-likeness (QED) is 0.865. The van der Waals surface area contributed by atoms with Crippen molar-refractivity contribution in [3.8, 4) is 11.5 Å². The van der Waals surface area contributed by atoms with E-state index in [0.29, 0.717) is 5.75 Å². The van der Waals surface area contributed by atoms with E-state index in [1.165, 1.54) is 20.3 Å². The molecule has 1 aromatic rings. The van der Waals surface area contributed by atoms with Crippen LogP contribution in [0.15, 0.2) is 18.2 Å². The first-order valence-electron chi connectivity index (χ1n) is 5.52. The average Bonchev–Trinajstić information content (AvgIpc) is 2.36. The molecule has 0 aliphatic heterocycles. The number of alkyl halides is 3. The van der Waals surface area contributed by atoms with E-state index in [-0.39, 0.29) is 11.3 Å². The van der Waals surface area contributed by atoms with Gasteiger partial charge in [-0.3, -0.25) is 0 Å². The van der Waals surface area contributed by atoms with Gasteiger partial charge in [0.2, 0.25) is 0 Å². The second kappa shape index (κ2) is 6.12. The Bertz CT molecular complexity index is 423. The van der Waals surface area contributed by atoms with Crippen LogP contribution in [0.4, 0.5) is 13.2 Å². The summed E-state index contributed by atoms with van der Waals surface area (Å²) in [6, 6.07) is 2.51. The zero-order valence-electron chi connectivity index (χ0n) is 10.6. The van der Waals surface area contributed by atoms with E-state index >= 15 is 0 Å². The molecule has 0 aliphatic rings. The van der Waals surface area contributed by atoms with Gasteiger partial charge in [-0.1, -0.05) is 12.1 Å². The van der Waals surface area contributed by atoms with E-state index < -0.39 is 24.7 Å². The van der Waals surface area contributed by atoms with Crippen LogP contribution in [0.5, 0.6) is 11.5 Å². The number of para-hydroxylation sites is 1. The van der Waals surface area contributed by atoms with Crippen molar-refractivity contribution in [3.05, 3.63) is 23.8 Å². The predicted octanol–water partition coefficient (Wildman–Crippen LogP) is 2.02. The normalized spacial score (nSPS) is 14.9. The van der Waals surface area contributed by atoms with Gasteiger partial charge >= 0.3 is 6.18 Å². The topological polar surface area (TPSA) is 64.7 Å². The molecular formula is C12H16F3NO3. The number of methoxy groups -OCH3 is 2. The van der Waals surface area contributed by atoms with Crippen molar-refractivity contribution in [2.24, 2.45) is 5.73 Å². The van der Waals surface area contributed by atoms with Crippen LogP contribution < -0.4 is 15.2 Å². The first-order valence-corrected chi connectivity index (χ1v) is 5.52. The lowest BCUT2D eigenvalue weighted by atomic mass is 10.0. The molecule has 108 valence electrons. The van der Waals surface area contributed by atoms with E-state index in [0.717, 1.165) is 0 Å². The van der Waals surface area contributed by atoms with Crippen molar-refractivity contribution < 1.29 is 27.8 Å². The molecule has 0 bridgehead atoms. The van der Waals surface area contributed by atoms with Crippen molar-refractivity contribution >= 4 is 0 Å². The molecule has 0 saturated heterocycles. The van der Waals surface area contributed by atoms with Crippen LogP contribution in [-0.4, -0.2) is 31.5 Å². The summed E-state index contributed by atoms with van der Waals surface area (Å²) in [6.45, 7) is 0. The minimum Gasteiger partial charge on any atom is -0.493 e. The van der Waals surface area contributed by atoms with Gasteiger partial charge in [0, 0.05) is 12.0 Å². The number of aliphatic hydroxyl groups is 1. The number of hydrogen-bond donors (Lipinski definition) is 2. The predicted molar refractivity (Wildman–Crippen MR) is 63.2 cm³/mol. The highest BCUT2D eigenvalue weighted by Crippen LogP contribution is 2.37. The van der Waals surface area contributed by atoms with E-state index in [1.54, 1.807) is 12.1 Å². The highest BCUT2D eigenvalue weighted by atomic mass is 19.4. The smallest absolute Gasteiger partial charge is 0.403 e. The fraction of sp³-hybridized carbons (Fsp3) is 0.500. The lowest BCUT2D eigenvalue weighted by Crippen LogP contribution is -2.38. The van der Waals surface area contributed by atoms with Crippen molar-refractivity contribution in [1.29, 1.82) is 0 Å². The molecule has 4 nitrogen and oxygen atoms in total. The molecule has 0 fully saturated rings. The molecule has 0 aromatic heterocycles. The lowest BCUT2D eigenvalue weighted by Gasteiger charge is -2.21. The van der Waals surface area contributed by atoms with Gasteiger partial charge in [0.15, 0.2) is 11.5 Å². The van der Waals surface area contributed by atoms with E-state index in [4.69, 9.17) is 15.2 Å². The Morgan fingerprint density at radius 2 is 1.89 bits per heavy atom. The van der Waals surface area contributed by atoms with Crippen LogP contribution in [0.25, 0.3) is 0 Å². The van der Waals surface area contributed by atoms with Crippen molar-refractivity contribution in [3.63, 3.8) is 0 Å². The number of hydrogen-bond acceptors (Lipinski definition) is 4. The molecule has 0 spiro atoms. The van der Waals surface area contributed by atoms with Gasteiger partial charge in [-0.25, -0.2) is 0 Å². The number of benzene rings is 1. The zero-order valence-corrected chi connectivity index (χ0v) is 10.6. The standard InChI is InChI=1S/C12H16F3NO3/c1-18-9-5-3-4-7(11(9)19-2)8(17)6-10(16)12(13,14)15/h3-5,8,10,17H,6,16H2,1-2H3/t8-,10-/m1/s1. The summed E-state index contributed by atoms with van der Waals surface area (Å²) >= 11 is 0. The highest BCUT2D eigenvalue weighted by molar-refractivity contribution is 5.47. The molecule has 3 N–H and O–H groups in total. The van der Waals surface area contributed by atoms with Gasteiger partial charge in [-0.05, 0) is 6.07 Å². The maximum Gasteiger partial charge on any atom is 0.403 e. The number of aliphatic hydroxyl groups excluding tert-OH is 1. The van der Waals surface area contributed by atoms with Crippen LogP contribution in [0.2, 0.25) is 0 Å². The average molecular weight is 279 g/mol. The third kappa shape index (κ3) is 3.74. The summed E-state index contributed by atoms with van der Waals surface area (Å²) in [5.74, 6) is 0.534. The molecule has 0 saturated carbocycles. The van der Waals surface area contributed by atoms with E-state index in [2.05, 4.69) is 0 Å². The van der Waals surface area contributed by atoms with Crippen LogP contribution in [0, 0.1) is 0 Å². The van der Waals surface area contributed by atoms with Crippen molar-refractivity contribution in [1.82, 2.24) is 0 Å². The Kier molecular flexibility index (Phi) is 5.02. The fourth-order valence-electron chi connectivity index (χ4n) is 1.68. The molecule has 19 heavy (non-hydrogen) atoms. The summed E-state index contributed by atoms with van der Waals surface area (Å²) in [7, 11) is 2.74. The lowest BCUT2D eigenvalue weighted by molar-refractivity contribution is -0.153. The molecule has 1 aromatic carbocycles. The summed E-state index contributed by atoms with van der Waals surface area (Å²) in [4.78, 5) is 0. The van der Waals surface area contributed by atoms with Gasteiger partial charge in [0.05, 0.1) is 20.3 Å². The first-order chi connectivity index (χ1) is 8.81. The monoisotopic (exact) mass is 279 g/mol. The Morgan fingerprint density at radius 3 is 2.37 bits per heavy atom. The largest absolute Gasteiger partial charge is 0.493 e. The van der Waals surface area contributed by atoms with Gasteiger partial charge in [-0.15, -0.1) is 0 Å². The molecule has 0 heterocycles. The number of rotatable bonds is 5. The molecule has 2 atom stereocenters.